The van der Waals surface area contributed by atoms with Gasteiger partial charge in [0.05, 0.1) is 24.9 Å². The van der Waals surface area contributed by atoms with Crippen LogP contribution >= 0.6 is 0 Å². The summed E-state index contributed by atoms with van der Waals surface area (Å²) < 4.78 is 4.94. The molecule has 0 aliphatic carbocycles. The van der Waals surface area contributed by atoms with Crippen molar-refractivity contribution < 1.29 is 19.4 Å². The lowest BCUT2D eigenvalue weighted by atomic mass is 10.1. The molecule has 0 aromatic heterocycles. The average Bonchev–Trinajstić information content (AvgIpc) is 2.39. The van der Waals surface area contributed by atoms with Crippen LogP contribution in [-0.4, -0.2) is 37.2 Å². The Morgan fingerprint density at radius 3 is 2.79 bits per heavy atom. The Morgan fingerprint density at radius 2 is 2.21 bits per heavy atom. The summed E-state index contributed by atoms with van der Waals surface area (Å²) in [6, 6.07) is 4.43. The van der Waals surface area contributed by atoms with Gasteiger partial charge in [0.25, 0.3) is 0 Å². The Bertz CT molecular complexity index is 486. The summed E-state index contributed by atoms with van der Waals surface area (Å²) in [6.45, 7) is 4.09. The summed E-state index contributed by atoms with van der Waals surface area (Å²) in [6.07, 6.45) is 1.63. The number of aromatic carboxylic acids is 1. The van der Waals surface area contributed by atoms with E-state index in [0.29, 0.717) is 12.3 Å². The third-order valence-electron chi connectivity index (χ3n) is 2.31. The number of carboxylic acid groups (broad SMARTS) is 1. The SMILES string of the molecule is C=CCNCC(=O)Nc1ccc(OC)cc1C(=O)O. The molecule has 0 saturated carbocycles. The number of benzene rings is 1. The molecule has 0 heterocycles. The molecule has 0 atom stereocenters. The van der Waals surface area contributed by atoms with E-state index in [2.05, 4.69) is 17.2 Å². The topological polar surface area (TPSA) is 87.7 Å². The maximum absolute atomic E-state index is 11.6. The number of methoxy groups -OCH3 is 1. The Labute approximate surface area is 111 Å². The van der Waals surface area contributed by atoms with Gasteiger partial charge in [0, 0.05) is 6.54 Å². The van der Waals surface area contributed by atoms with Gasteiger partial charge in [-0.1, -0.05) is 6.08 Å². The highest BCUT2D eigenvalue weighted by molar-refractivity contribution is 6.01. The lowest BCUT2D eigenvalue weighted by Gasteiger charge is -2.10. The maximum atomic E-state index is 11.6. The van der Waals surface area contributed by atoms with Gasteiger partial charge >= 0.3 is 5.97 Å². The monoisotopic (exact) mass is 264 g/mol. The summed E-state index contributed by atoms with van der Waals surface area (Å²) in [5.74, 6) is -1.04. The van der Waals surface area contributed by atoms with Gasteiger partial charge in [-0.25, -0.2) is 4.79 Å². The number of amides is 1. The molecule has 0 aliphatic rings. The van der Waals surface area contributed by atoms with Crippen LogP contribution in [0.2, 0.25) is 0 Å². The average molecular weight is 264 g/mol. The Kier molecular flexibility index (Phi) is 5.56. The highest BCUT2D eigenvalue weighted by Gasteiger charge is 2.13. The fraction of sp³-hybridized carbons (Fsp3) is 0.231. The molecule has 0 saturated heterocycles. The number of ether oxygens (including phenoxy) is 1. The third-order valence-corrected chi connectivity index (χ3v) is 2.31. The van der Waals surface area contributed by atoms with Gasteiger partial charge in [0.1, 0.15) is 5.75 Å². The summed E-state index contributed by atoms with van der Waals surface area (Å²) in [4.78, 5) is 22.7. The van der Waals surface area contributed by atoms with Gasteiger partial charge in [-0.2, -0.15) is 0 Å². The fourth-order valence-electron chi connectivity index (χ4n) is 1.42. The molecule has 0 unspecified atom stereocenters. The smallest absolute Gasteiger partial charge is 0.337 e. The lowest BCUT2D eigenvalue weighted by molar-refractivity contribution is -0.115. The Hall–Kier alpha value is -2.34. The minimum atomic E-state index is -1.13. The zero-order valence-electron chi connectivity index (χ0n) is 10.6. The first-order chi connectivity index (χ1) is 9.08. The highest BCUT2D eigenvalue weighted by atomic mass is 16.5. The molecule has 0 aliphatic heterocycles. The molecule has 1 amide bonds. The van der Waals surface area contributed by atoms with Gasteiger partial charge in [-0.3, -0.25) is 4.79 Å². The van der Waals surface area contributed by atoms with Crippen LogP contribution in [0, 0.1) is 0 Å². The predicted molar refractivity (Wildman–Crippen MR) is 71.6 cm³/mol. The minimum absolute atomic E-state index is 0.0172. The van der Waals surface area contributed by atoms with Crippen molar-refractivity contribution in [3.63, 3.8) is 0 Å². The van der Waals surface area contributed by atoms with E-state index in [-0.39, 0.29) is 23.7 Å². The number of anilines is 1. The van der Waals surface area contributed by atoms with E-state index in [1.807, 2.05) is 0 Å². The molecule has 6 heteroatoms. The van der Waals surface area contributed by atoms with Crippen molar-refractivity contribution in [1.29, 1.82) is 0 Å². The molecule has 102 valence electrons. The van der Waals surface area contributed by atoms with Crippen molar-refractivity contribution in [2.24, 2.45) is 0 Å². The van der Waals surface area contributed by atoms with Gasteiger partial charge in [-0.05, 0) is 18.2 Å². The molecule has 19 heavy (non-hydrogen) atoms. The van der Waals surface area contributed by atoms with Crippen LogP contribution in [0.25, 0.3) is 0 Å². The quantitative estimate of drug-likeness (QED) is 0.507. The number of nitrogens with one attached hydrogen (secondary N) is 2. The second-order valence-corrected chi connectivity index (χ2v) is 3.68. The second-order valence-electron chi connectivity index (χ2n) is 3.68. The number of carbonyl (C=O) groups is 2. The van der Waals surface area contributed by atoms with Crippen LogP contribution in [0.4, 0.5) is 5.69 Å². The zero-order valence-corrected chi connectivity index (χ0v) is 10.6. The van der Waals surface area contributed by atoms with Gasteiger partial charge < -0.3 is 20.5 Å². The Balaban J connectivity index is 2.79. The van der Waals surface area contributed by atoms with Crippen LogP contribution < -0.4 is 15.4 Å². The van der Waals surface area contributed by atoms with Gasteiger partial charge in [0.2, 0.25) is 5.91 Å². The van der Waals surface area contributed by atoms with Crippen LogP contribution in [-0.2, 0) is 4.79 Å². The van der Waals surface area contributed by atoms with E-state index in [0.717, 1.165) is 0 Å². The first-order valence-electron chi connectivity index (χ1n) is 5.61. The fourth-order valence-corrected chi connectivity index (χ4v) is 1.42. The molecular weight excluding hydrogens is 248 g/mol. The second kappa shape index (κ2) is 7.17. The number of carboxylic acids is 1. The van der Waals surface area contributed by atoms with Crippen LogP contribution in [0.5, 0.6) is 5.75 Å². The molecule has 6 nitrogen and oxygen atoms in total. The summed E-state index contributed by atoms with van der Waals surface area (Å²) in [7, 11) is 1.44. The minimum Gasteiger partial charge on any atom is -0.497 e. The van der Waals surface area contributed by atoms with E-state index in [1.165, 1.54) is 19.2 Å². The van der Waals surface area contributed by atoms with Crippen molar-refractivity contribution in [1.82, 2.24) is 5.32 Å². The van der Waals surface area contributed by atoms with Crippen LogP contribution in [0.3, 0.4) is 0 Å². The normalized spacial score (nSPS) is 9.74. The largest absolute Gasteiger partial charge is 0.497 e. The van der Waals surface area contributed by atoms with Gasteiger partial charge in [-0.15, -0.1) is 6.58 Å². The van der Waals surface area contributed by atoms with Gasteiger partial charge in [0.15, 0.2) is 0 Å². The summed E-state index contributed by atoms with van der Waals surface area (Å²) in [5.41, 5.74) is 0.218. The van der Waals surface area contributed by atoms with Crippen molar-refractivity contribution in [3.8, 4) is 5.75 Å². The first kappa shape index (κ1) is 14.7. The molecule has 1 aromatic carbocycles. The molecule has 0 fully saturated rings. The van der Waals surface area contributed by atoms with Crippen molar-refractivity contribution in [2.75, 3.05) is 25.5 Å². The van der Waals surface area contributed by atoms with Crippen molar-refractivity contribution >= 4 is 17.6 Å². The molecular formula is C13H16N2O4. The summed E-state index contributed by atoms with van der Waals surface area (Å²) >= 11 is 0. The number of hydrogen-bond acceptors (Lipinski definition) is 4. The number of rotatable bonds is 7. The molecule has 1 rings (SSSR count). The predicted octanol–water partition coefficient (Wildman–Crippen LogP) is 1.11. The molecule has 0 radical (unpaired) electrons. The number of hydrogen-bond donors (Lipinski definition) is 3. The van der Waals surface area contributed by atoms with E-state index in [1.54, 1.807) is 12.1 Å². The van der Waals surface area contributed by atoms with E-state index < -0.39 is 5.97 Å². The van der Waals surface area contributed by atoms with Crippen molar-refractivity contribution in [2.45, 2.75) is 0 Å². The Morgan fingerprint density at radius 1 is 1.47 bits per heavy atom. The summed E-state index contributed by atoms with van der Waals surface area (Å²) in [5, 5.41) is 14.4. The zero-order chi connectivity index (χ0) is 14.3. The third kappa shape index (κ3) is 4.44. The van der Waals surface area contributed by atoms with Crippen LogP contribution in [0.1, 0.15) is 10.4 Å². The molecule has 3 N–H and O–H groups in total. The van der Waals surface area contributed by atoms with E-state index >= 15 is 0 Å². The molecule has 0 spiro atoms. The van der Waals surface area contributed by atoms with Crippen LogP contribution in [0.15, 0.2) is 30.9 Å². The lowest BCUT2D eigenvalue weighted by Crippen LogP contribution is -2.28. The number of carbonyl (C=O) groups excluding carboxylic acids is 1. The van der Waals surface area contributed by atoms with E-state index in [9.17, 15) is 9.59 Å². The van der Waals surface area contributed by atoms with Crippen molar-refractivity contribution in [3.05, 3.63) is 36.4 Å². The highest BCUT2D eigenvalue weighted by Crippen LogP contribution is 2.21. The standard InChI is InChI=1S/C13H16N2O4/c1-3-6-14-8-12(16)15-11-5-4-9(19-2)7-10(11)13(17)18/h3-5,7,14H,1,6,8H2,2H3,(H,15,16)(H,17,18). The molecule has 0 bridgehead atoms. The molecule has 1 aromatic rings. The maximum Gasteiger partial charge on any atom is 0.337 e. The van der Waals surface area contributed by atoms with E-state index in [4.69, 9.17) is 9.84 Å². The first-order valence-corrected chi connectivity index (χ1v) is 5.61.